The minimum absolute atomic E-state index is 0. The van der Waals surface area contributed by atoms with Crippen LogP contribution in [0.15, 0.2) is 0 Å². The molecule has 6 nitrogen and oxygen atoms in total. The van der Waals surface area contributed by atoms with Crippen LogP contribution in [0.1, 0.15) is 0 Å². The van der Waals surface area contributed by atoms with Gasteiger partial charge in [-0.25, -0.2) is 9.36 Å². The van der Waals surface area contributed by atoms with Gasteiger partial charge < -0.3 is 9.63 Å². The monoisotopic (exact) mass is 324 g/mol. The summed E-state index contributed by atoms with van der Waals surface area (Å²) < 4.78 is 12.6. The second kappa shape index (κ2) is 7.69. The normalized spacial score (nSPS) is 8.60. The molecule has 0 heterocycles. The molecule has 0 amide bonds. The number of carboxylic acid groups (broad SMARTS) is 1. The molecule has 0 spiro atoms. The van der Waals surface area contributed by atoms with E-state index in [1.54, 1.807) is 0 Å². The van der Waals surface area contributed by atoms with Crippen LogP contribution in [0.5, 0.6) is 0 Å². The summed E-state index contributed by atoms with van der Waals surface area (Å²) in [5.74, 6) is 0. The van der Waals surface area contributed by atoms with E-state index in [9.17, 15) is 9.36 Å². The van der Waals surface area contributed by atoms with Crippen molar-refractivity contribution in [3.05, 3.63) is 0 Å². The number of hydrogen-bond acceptors (Lipinski definition) is 3. The van der Waals surface area contributed by atoms with E-state index in [2.05, 4.69) is 4.52 Å². The van der Waals surface area contributed by atoms with Gasteiger partial charge in [0.1, 0.15) is 0 Å². The Hall–Kier alpha value is 2.06. The van der Waals surface area contributed by atoms with Crippen LogP contribution in [0, 0.1) is 41.7 Å². The summed E-state index contributed by atoms with van der Waals surface area (Å²) in [7, 11) is -4.82. The summed E-state index contributed by atoms with van der Waals surface area (Å²) in [4.78, 5) is 24.7. The number of phosphoric ester groups is 1. The maximum Gasteiger partial charge on any atom is 0 e. The summed E-state index contributed by atoms with van der Waals surface area (Å²) in [6, 6.07) is 0. The number of phosphoric acid groups is 1. The van der Waals surface area contributed by atoms with E-state index in [-0.39, 0.29) is 79.5 Å². The van der Waals surface area contributed by atoms with Crippen LogP contribution < -0.4 is 0 Å². The van der Waals surface area contributed by atoms with Gasteiger partial charge in [-0.2, -0.15) is 0 Å². The third-order valence-corrected chi connectivity index (χ3v) is 0.591. The third-order valence-electron chi connectivity index (χ3n) is 0.197. The minimum atomic E-state index is -4.82. The van der Waals surface area contributed by atoms with Crippen LogP contribution in [0.2, 0.25) is 0 Å². The molecule has 3 N–H and O–H groups in total. The van der Waals surface area contributed by atoms with E-state index in [4.69, 9.17) is 14.9 Å². The van der Waals surface area contributed by atoms with Gasteiger partial charge in [0.05, 0.1) is 0 Å². The topological polar surface area (TPSA) is 104 Å². The standard InChI is InChI=1S/CH3O6P.Ca.Ce.2H/c2-1(3)7-8(4,5)6;;;;/h(H,2,3)(H2,4,5,6);;;;. The Bertz CT molecular complexity index is 141. The quantitative estimate of drug-likeness (QED) is 0.416. The van der Waals surface area contributed by atoms with Crippen LogP contribution in [0.4, 0.5) is 4.79 Å². The molecule has 0 atom stereocenters. The molecule has 0 aliphatic rings. The predicted octanol–water partition coefficient (Wildman–Crippen LogP) is -1.14. The van der Waals surface area contributed by atoms with Crippen LogP contribution in [-0.4, -0.2) is 58.8 Å². The van der Waals surface area contributed by atoms with Crippen molar-refractivity contribution in [2.75, 3.05) is 0 Å². The summed E-state index contributed by atoms with van der Waals surface area (Å²) in [5, 5.41) is 7.53. The Kier molecular flexibility index (Phi) is 13.8. The van der Waals surface area contributed by atoms with E-state index >= 15 is 0 Å². The molecule has 10 heavy (non-hydrogen) atoms. The summed E-state index contributed by atoms with van der Waals surface area (Å²) in [6.45, 7) is 0. The van der Waals surface area contributed by atoms with E-state index < -0.39 is 14.0 Å². The maximum absolute atomic E-state index is 9.53. The van der Waals surface area contributed by atoms with Gasteiger partial charge in [0, 0.05) is 41.7 Å². The Morgan fingerprint density at radius 1 is 1.40 bits per heavy atom. The van der Waals surface area contributed by atoms with Gasteiger partial charge in [-0.3, -0.25) is 9.79 Å². The van der Waals surface area contributed by atoms with Crippen LogP contribution >= 0.6 is 7.82 Å². The second-order valence-electron chi connectivity index (χ2n) is 0.848. The second-order valence-corrected chi connectivity index (χ2v) is 2.01. The zero-order chi connectivity index (χ0) is 6.78. The zero-order valence-electron chi connectivity index (χ0n) is 4.01. The molecule has 0 aromatic rings. The first-order chi connectivity index (χ1) is 3.42. The fourth-order valence-corrected chi connectivity index (χ4v) is 0.305. The van der Waals surface area contributed by atoms with Crippen molar-refractivity contribution in [1.29, 1.82) is 0 Å². The van der Waals surface area contributed by atoms with E-state index in [1.165, 1.54) is 0 Å². The van der Waals surface area contributed by atoms with Crippen molar-refractivity contribution in [2.45, 2.75) is 0 Å². The molecule has 56 valence electrons. The molecule has 0 fully saturated rings. The van der Waals surface area contributed by atoms with Gasteiger partial charge in [-0.15, -0.1) is 0 Å². The van der Waals surface area contributed by atoms with Crippen LogP contribution in [0.3, 0.4) is 0 Å². The van der Waals surface area contributed by atoms with Crippen LogP contribution in [-0.2, 0) is 9.09 Å². The largest absolute Gasteiger partial charge is 0 e. The Morgan fingerprint density at radius 2 is 1.70 bits per heavy atom. The summed E-state index contributed by atoms with van der Waals surface area (Å²) in [5.41, 5.74) is 0. The smallest absolute Gasteiger partial charge is 0 e. The predicted molar refractivity (Wildman–Crippen MR) is 29.7 cm³/mol. The first kappa shape index (κ1) is 18.0. The fourth-order valence-electron chi connectivity index (χ4n) is 0.102. The van der Waals surface area contributed by atoms with E-state index in [1.807, 2.05) is 0 Å². The molecular weight excluding hydrogens is 319 g/mol. The number of hydrogen-bond donors (Lipinski definition) is 3. The van der Waals surface area contributed by atoms with Crippen molar-refractivity contribution in [3.63, 3.8) is 0 Å². The molecule has 9 heteroatoms. The molecule has 0 saturated heterocycles. The number of rotatable bonds is 1. The van der Waals surface area contributed by atoms with Crippen molar-refractivity contribution >= 4 is 51.7 Å². The molecule has 0 saturated carbocycles. The average molecular weight is 324 g/mol. The maximum atomic E-state index is 9.53. The average Bonchev–Trinajstić information content (AvgIpc) is 1.21. The summed E-state index contributed by atoms with van der Waals surface area (Å²) in [6.07, 6.45) is -1.99. The van der Waals surface area contributed by atoms with E-state index in [0.29, 0.717) is 0 Å². The molecule has 0 unspecified atom stereocenters. The van der Waals surface area contributed by atoms with Crippen molar-refractivity contribution in [1.82, 2.24) is 0 Å². The SMILES string of the molecule is O=C(O)OP(=O)(O)O.[CaH2].[Ce]. The molecule has 0 aromatic carbocycles. The molecule has 0 radical (unpaired) electrons. The van der Waals surface area contributed by atoms with E-state index in [0.717, 1.165) is 0 Å². The van der Waals surface area contributed by atoms with Gasteiger partial charge >= 0.3 is 51.7 Å². The Labute approximate surface area is 120 Å². The van der Waals surface area contributed by atoms with Gasteiger partial charge in [0.2, 0.25) is 0 Å². The van der Waals surface area contributed by atoms with Gasteiger partial charge in [-0.1, -0.05) is 0 Å². The zero-order valence-corrected chi connectivity index (χ0v) is 8.05. The van der Waals surface area contributed by atoms with Gasteiger partial charge in [0.25, 0.3) is 0 Å². The molecule has 0 rings (SSSR count). The van der Waals surface area contributed by atoms with Crippen LogP contribution in [0.25, 0.3) is 0 Å². The van der Waals surface area contributed by atoms with Crippen molar-refractivity contribution in [2.24, 2.45) is 0 Å². The third kappa shape index (κ3) is 16.6. The number of carbonyl (C=O) groups is 1. The fraction of sp³-hybridized carbons (Fsp3) is 0. The minimum Gasteiger partial charge on any atom is 0 e. The first-order valence-electron chi connectivity index (χ1n) is 1.40. The van der Waals surface area contributed by atoms with Gasteiger partial charge in [-0.05, 0) is 0 Å². The molecule has 0 aliphatic heterocycles. The molecular formula is CH5CaCeO6P. The van der Waals surface area contributed by atoms with Gasteiger partial charge in [0.15, 0.2) is 0 Å². The molecule has 0 aromatic heterocycles. The first-order valence-corrected chi connectivity index (χ1v) is 2.93. The molecule has 0 bridgehead atoms. The molecule has 0 aliphatic carbocycles. The summed E-state index contributed by atoms with van der Waals surface area (Å²) >= 11 is 0. The Morgan fingerprint density at radius 3 is 1.70 bits per heavy atom. The van der Waals surface area contributed by atoms with Crippen molar-refractivity contribution < 1.29 is 70.5 Å². The Balaban J connectivity index is -0.000000245. The van der Waals surface area contributed by atoms with Crippen molar-refractivity contribution in [3.8, 4) is 0 Å².